The van der Waals surface area contributed by atoms with Crippen LogP contribution in [-0.4, -0.2) is 82.0 Å². The number of fused-ring (bicyclic) bond motifs is 1. The molecule has 3 aromatic heterocycles. The molecule has 1 unspecified atom stereocenters. The molecular formula is C25H30FN7O4S. The van der Waals surface area contributed by atoms with E-state index in [0.29, 0.717) is 48.6 Å². The Morgan fingerprint density at radius 2 is 2.00 bits per heavy atom. The quantitative estimate of drug-likeness (QED) is 0.390. The summed E-state index contributed by atoms with van der Waals surface area (Å²) in [7, 11) is -3.29. The summed E-state index contributed by atoms with van der Waals surface area (Å²) in [4.78, 5) is 21.8. The number of sulfonamides is 1. The van der Waals surface area contributed by atoms with Gasteiger partial charge in [-0.15, -0.1) is 0 Å². The number of nitrogens with one attached hydrogen (secondary N) is 2. The number of aromatic nitrogens is 3. The van der Waals surface area contributed by atoms with Crippen LogP contribution in [0.5, 0.6) is 0 Å². The molecule has 38 heavy (non-hydrogen) atoms. The smallest absolute Gasteiger partial charge is 0.255 e. The summed E-state index contributed by atoms with van der Waals surface area (Å²) in [6, 6.07) is 7.14. The number of alkyl halides is 1. The largest absolute Gasteiger partial charge is 0.387 e. The highest BCUT2D eigenvalue weighted by Crippen LogP contribution is 2.26. The first kappa shape index (κ1) is 27.4. The standard InChI is InChI=1S/C25H30FN7O4S/c1-25(2,35)21(26)15-30-24(34)19-14-28-22(33-9-4-17-10-16(12-27)13-29-23(17)33)11-20(19)31-18-5-7-32(8-6-18)38(3,36)37/h4,9-11,13-14,18,21,35H,5-8,15H2,1-3H3,(H,28,31)(H,30,34). The number of rotatable bonds is 8. The lowest BCUT2D eigenvalue weighted by Crippen LogP contribution is -2.43. The Labute approximate surface area is 220 Å². The van der Waals surface area contributed by atoms with E-state index >= 15 is 0 Å². The second kappa shape index (κ2) is 10.6. The van der Waals surface area contributed by atoms with Gasteiger partial charge in [-0.2, -0.15) is 5.26 Å². The Morgan fingerprint density at radius 3 is 2.63 bits per heavy atom. The second-order valence-electron chi connectivity index (χ2n) is 9.93. The molecule has 0 bridgehead atoms. The van der Waals surface area contributed by atoms with E-state index in [2.05, 4.69) is 26.7 Å². The van der Waals surface area contributed by atoms with E-state index in [0.717, 1.165) is 5.39 Å². The topological polar surface area (TPSA) is 153 Å². The highest BCUT2D eigenvalue weighted by molar-refractivity contribution is 7.88. The van der Waals surface area contributed by atoms with E-state index in [9.17, 15) is 22.7 Å². The number of nitriles is 1. The Hall–Kier alpha value is -3.60. The summed E-state index contributed by atoms with van der Waals surface area (Å²) >= 11 is 0. The summed E-state index contributed by atoms with van der Waals surface area (Å²) in [5.41, 5.74) is 0.0116. The first-order valence-electron chi connectivity index (χ1n) is 12.1. The molecule has 1 atom stereocenters. The Balaban J connectivity index is 1.64. The van der Waals surface area contributed by atoms with E-state index < -0.39 is 27.7 Å². The van der Waals surface area contributed by atoms with Crippen LogP contribution in [-0.2, 0) is 10.0 Å². The summed E-state index contributed by atoms with van der Waals surface area (Å²) in [6.07, 6.45) is 5.16. The van der Waals surface area contributed by atoms with Crippen LogP contribution in [0.1, 0.15) is 42.6 Å². The van der Waals surface area contributed by atoms with Crippen LogP contribution >= 0.6 is 0 Å². The van der Waals surface area contributed by atoms with Gasteiger partial charge < -0.3 is 15.7 Å². The van der Waals surface area contributed by atoms with Gasteiger partial charge in [-0.3, -0.25) is 9.36 Å². The van der Waals surface area contributed by atoms with Crippen molar-refractivity contribution in [1.29, 1.82) is 5.26 Å². The number of pyridine rings is 2. The monoisotopic (exact) mass is 543 g/mol. The van der Waals surface area contributed by atoms with Crippen LogP contribution in [0.25, 0.3) is 16.9 Å². The van der Waals surface area contributed by atoms with E-state index in [4.69, 9.17) is 5.26 Å². The van der Waals surface area contributed by atoms with Gasteiger partial charge in [0.15, 0.2) is 0 Å². The van der Waals surface area contributed by atoms with E-state index in [1.165, 1.54) is 36.8 Å². The zero-order chi connectivity index (χ0) is 27.7. The molecule has 0 spiro atoms. The maximum absolute atomic E-state index is 14.3. The molecule has 4 heterocycles. The van der Waals surface area contributed by atoms with Gasteiger partial charge in [-0.05, 0) is 38.8 Å². The first-order valence-corrected chi connectivity index (χ1v) is 14.0. The molecule has 1 aliphatic heterocycles. The molecule has 4 rings (SSSR count). The molecule has 202 valence electrons. The highest BCUT2D eigenvalue weighted by atomic mass is 32.2. The Bertz CT molecular complexity index is 1490. The van der Waals surface area contributed by atoms with Crippen molar-refractivity contribution in [1.82, 2.24) is 24.2 Å². The summed E-state index contributed by atoms with van der Waals surface area (Å²) in [5.74, 6) is -0.106. The van der Waals surface area contributed by atoms with Gasteiger partial charge in [0.05, 0.1) is 35.2 Å². The molecule has 1 fully saturated rings. The SMILES string of the molecule is CC(C)(O)C(F)CNC(=O)c1cnc(-n2ccc3cc(C#N)cnc32)cc1NC1CCN(S(C)(=O)=O)CC1. The van der Waals surface area contributed by atoms with Crippen molar-refractivity contribution in [2.75, 3.05) is 31.2 Å². The molecular weight excluding hydrogens is 513 g/mol. The van der Waals surface area contributed by atoms with Crippen LogP contribution in [0.2, 0.25) is 0 Å². The molecule has 13 heteroatoms. The number of halogens is 1. The number of carbonyl (C=O) groups excluding carboxylic acids is 1. The molecule has 3 N–H and O–H groups in total. The maximum Gasteiger partial charge on any atom is 0.255 e. The first-order chi connectivity index (χ1) is 17.9. The van der Waals surface area contributed by atoms with Crippen LogP contribution < -0.4 is 10.6 Å². The van der Waals surface area contributed by atoms with Crippen LogP contribution in [0.3, 0.4) is 0 Å². The average molecular weight is 544 g/mol. The van der Waals surface area contributed by atoms with Crippen LogP contribution in [0.15, 0.2) is 36.8 Å². The van der Waals surface area contributed by atoms with Crippen molar-refractivity contribution in [3.63, 3.8) is 0 Å². The van der Waals surface area contributed by atoms with Gasteiger partial charge in [0.2, 0.25) is 10.0 Å². The minimum Gasteiger partial charge on any atom is -0.387 e. The van der Waals surface area contributed by atoms with E-state index in [-0.39, 0.29) is 18.2 Å². The van der Waals surface area contributed by atoms with E-state index in [1.807, 2.05) is 0 Å². The average Bonchev–Trinajstić information content (AvgIpc) is 3.29. The van der Waals surface area contributed by atoms with Crippen LogP contribution in [0.4, 0.5) is 10.1 Å². The molecule has 1 saturated heterocycles. The predicted molar refractivity (Wildman–Crippen MR) is 140 cm³/mol. The third-order valence-corrected chi connectivity index (χ3v) is 7.83. The van der Waals surface area contributed by atoms with Crippen molar-refractivity contribution < 1.29 is 22.7 Å². The lowest BCUT2D eigenvalue weighted by molar-refractivity contribution is -0.00177. The van der Waals surface area contributed by atoms with Crippen molar-refractivity contribution in [2.45, 2.75) is 44.5 Å². The molecule has 0 aliphatic carbocycles. The third kappa shape index (κ3) is 6.09. The lowest BCUT2D eigenvalue weighted by atomic mass is 10.0. The summed E-state index contributed by atoms with van der Waals surface area (Å²) in [6.45, 7) is 2.96. The van der Waals surface area contributed by atoms with Gasteiger partial charge in [0, 0.05) is 49.2 Å². The van der Waals surface area contributed by atoms with Crippen molar-refractivity contribution >= 4 is 32.7 Å². The maximum atomic E-state index is 14.3. The molecule has 1 amide bonds. The predicted octanol–water partition coefficient (Wildman–Crippen LogP) is 1.97. The number of piperidine rings is 1. The van der Waals surface area contributed by atoms with Crippen LogP contribution in [0, 0.1) is 11.3 Å². The van der Waals surface area contributed by atoms with Gasteiger partial charge in [0.25, 0.3) is 5.91 Å². The summed E-state index contributed by atoms with van der Waals surface area (Å²) < 4.78 is 41.2. The minimum absolute atomic E-state index is 0.113. The summed E-state index contributed by atoms with van der Waals surface area (Å²) in [5, 5.41) is 25.6. The number of nitrogens with zero attached hydrogens (tertiary/aromatic N) is 5. The number of aliphatic hydroxyl groups is 1. The fourth-order valence-electron chi connectivity index (χ4n) is 4.23. The lowest BCUT2D eigenvalue weighted by Gasteiger charge is -2.31. The fraction of sp³-hybridized carbons (Fsp3) is 0.440. The normalized spacial score (nSPS) is 16.2. The number of anilines is 1. The number of amides is 1. The molecule has 3 aromatic rings. The van der Waals surface area contributed by atoms with Gasteiger partial charge >= 0.3 is 0 Å². The minimum atomic E-state index is -3.29. The van der Waals surface area contributed by atoms with Gasteiger partial charge in [-0.1, -0.05) is 0 Å². The third-order valence-electron chi connectivity index (χ3n) is 6.53. The van der Waals surface area contributed by atoms with Crippen molar-refractivity contribution in [2.24, 2.45) is 0 Å². The molecule has 1 aliphatic rings. The van der Waals surface area contributed by atoms with Gasteiger partial charge in [0.1, 0.15) is 23.7 Å². The zero-order valence-electron chi connectivity index (χ0n) is 21.3. The number of hydrogen-bond donors (Lipinski definition) is 3. The molecule has 0 saturated carbocycles. The zero-order valence-corrected chi connectivity index (χ0v) is 22.2. The van der Waals surface area contributed by atoms with Gasteiger partial charge in [-0.25, -0.2) is 27.1 Å². The number of hydrogen-bond acceptors (Lipinski definition) is 8. The molecule has 0 aromatic carbocycles. The molecule has 11 nitrogen and oxygen atoms in total. The van der Waals surface area contributed by atoms with Crippen molar-refractivity contribution in [3.8, 4) is 11.9 Å². The second-order valence-corrected chi connectivity index (χ2v) is 11.9. The molecule has 0 radical (unpaired) electrons. The van der Waals surface area contributed by atoms with E-state index in [1.54, 1.807) is 29.0 Å². The van der Waals surface area contributed by atoms with Crippen molar-refractivity contribution in [3.05, 3.63) is 47.9 Å². The highest BCUT2D eigenvalue weighted by Gasteiger charge is 2.29. The fourth-order valence-corrected chi connectivity index (χ4v) is 5.10. The Morgan fingerprint density at radius 1 is 1.29 bits per heavy atom. The Kier molecular flexibility index (Phi) is 7.68. The number of carbonyl (C=O) groups is 1.